The third kappa shape index (κ3) is 3.82. The lowest BCUT2D eigenvalue weighted by Gasteiger charge is -2.24. The number of urea groups is 1. The average Bonchev–Trinajstić information content (AvgIpc) is 3.40. The molecule has 0 saturated carbocycles. The largest absolute Gasteiger partial charge is 0.356 e. The Bertz CT molecular complexity index is 1030. The number of likely N-dealkylation sites (tertiary alicyclic amines) is 1. The fourth-order valence-electron chi connectivity index (χ4n) is 3.50. The fourth-order valence-corrected chi connectivity index (χ4v) is 3.63. The van der Waals surface area contributed by atoms with Crippen molar-refractivity contribution in [2.75, 3.05) is 11.9 Å². The van der Waals surface area contributed by atoms with E-state index in [-0.39, 0.29) is 17.6 Å². The average molecular weight is 419 g/mol. The van der Waals surface area contributed by atoms with Crippen LogP contribution in [-0.4, -0.2) is 37.4 Å². The van der Waals surface area contributed by atoms with Gasteiger partial charge in [0.15, 0.2) is 11.6 Å². The molecule has 0 bridgehead atoms. The first-order chi connectivity index (χ1) is 13.9. The molecule has 1 fully saturated rings. The van der Waals surface area contributed by atoms with Crippen molar-refractivity contribution in [3.05, 3.63) is 58.1 Å². The second-order valence-corrected chi connectivity index (χ2v) is 7.44. The first-order valence-corrected chi connectivity index (χ1v) is 9.65. The van der Waals surface area contributed by atoms with Gasteiger partial charge >= 0.3 is 6.03 Å². The van der Waals surface area contributed by atoms with E-state index in [4.69, 9.17) is 16.1 Å². The lowest BCUT2D eigenvalue weighted by atomic mass is 10.2. The number of hydrogen-bond donors (Lipinski definition) is 1. The van der Waals surface area contributed by atoms with E-state index in [0.717, 1.165) is 24.2 Å². The number of nitrogens with zero attached hydrogens (tertiary/aromatic N) is 5. The van der Waals surface area contributed by atoms with Gasteiger partial charge in [-0.1, -0.05) is 28.9 Å². The smallest absolute Gasteiger partial charge is 0.323 e. The number of nitrogens with one attached hydrogen (secondary N) is 1. The summed E-state index contributed by atoms with van der Waals surface area (Å²) in [4.78, 5) is 14.4. The van der Waals surface area contributed by atoms with Gasteiger partial charge < -0.3 is 14.0 Å². The Labute approximate surface area is 171 Å². The zero-order chi connectivity index (χ0) is 20.5. The van der Waals surface area contributed by atoms with E-state index in [9.17, 15) is 9.18 Å². The molecule has 0 spiro atoms. The Morgan fingerprint density at radius 1 is 1.31 bits per heavy atom. The van der Waals surface area contributed by atoms with Crippen molar-refractivity contribution in [2.24, 2.45) is 0 Å². The fraction of sp³-hybridized carbons (Fsp3) is 0.368. The minimum Gasteiger partial charge on any atom is -0.356 e. The summed E-state index contributed by atoms with van der Waals surface area (Å²) in [6.45, 7) is 4.41. The summed E-state index contributed by atoms with van der Waals surface area (Å²) >= 11 is 5.97. The minimum atomic E-state index is -0.671. The molecule has 10 heteroatoms. The highest BCUT2D eigenvalue weighted by atomic mass is 35.5. The zero-order valence-electron chi connectivity index (χ0n) is 16.0. The molecule has 152 valence electrons. The van der Waals surface area contributed by atoms with Gasteiger partial charge in [-0.2, -0.15) is 4.39 Å². The van der Waals surface area contributed by atoms with E-state index >= 15 is 0 Å². The number of halogens is 2. The number of aromatic nitrogens is 4. The van der Waals surface area contributed by atoms with E-state index < -0.39 is 11.8 Å². The number of carbonyl (C=O) groups excluding carboxylic acids is 1. The molecule has 1 aliphatic heterocycles. The van der Waals surface area contributed by atoms with Gasteiger partial charge in [-0.05, 0) is 44.4 Å². The number of carbonyl (C=O) groups is 1. The van der Waals surface area contributed by atoms with E-state index in [0.29, 0.717) is 23.9 Å². The van der Waals surface area contributed by atoms with E-state index in [1.807, 2.05) is 35.8 Å². The van der Waals surface area contributed by atoms with Crippen LogP contribution in [0.2, 0.25) is 5.02 Å². The van der Waals surface area contributed by atoms with Crippen LogP contribution in [0.4, 0.5) is 15.0 Å². The molecule has 3 aromatic rings. The predicted molar refractivity (Wildman–Crippen MR) is 104 cm³/mol. The number of rotatable bonds is 4. The normalized spacial score (nSPS) is 16.4. The van der Waals surface area contributed by atoms with Gasteiger partial charge in [0.2, 0.25) is 11.6 Å². The van der Waals surface area contributed by atoms with Gasteiger partial charge in [0, 0.05) is 11.6 Å². The first kappa shape index (κ1) is 19.4. The third-order valence-corrected chi connectivity index (χ3v) is 5.30. The summed E-state index contributed by atoms with van der Waals surface area (Å²) in [5.74, 6) is 0.590. The lowest BCUT2D eigenvalue weighted by molar-refractivity contribution is 0.203. The molecular weight excluding hydrogens is 399 g/mol. The van der Waals surface area contributed by atoms with Crippen molar-refractivity contribution < 1.29 is 13.7 Å². The van der Waals surface area contributed by atoms with Crippen molar-refractivity contribution >= 4 is 23.4 Å². The lowest BCUT2D eigenvalue weighted by Crippen LogP contribution is -2.36. The number of benzene rings is 1. The van der Waals surface area contributed by atoms with E-state index in [1.165, 1.54) is 6.92 Å². The van der Waals surface area contributed by atoms with Crippen LogP contribution in [0.15, 0.2) is 28.8 Å². The monoisotopic (exact) mass is 418 g/mol. The molecule has 0 aliphatic carbocycles. The van der Waals surface area contributed by atoms with Crippen LogP contribution in [0.25, 0.3) is 0 Å². The number of aryl methyl sites for hydroxylation is 2. The van der Waals surface area contributed by atoms with Crippen LogP contribution in [0.3, 0.4) is 0 Å². The molecule has 0 unspecified atom stereocenters. The second kappa shape index (κ2) is 7.82. The van der Waals surface area contributed by atoms with Crippen molar-refractivity contribution in [2.45, 2.75) is 39.3 Å². The summed E-state index contributed by atoms with van der Waals surface area (Å²) in [5, 5.41) is 15.3. The predicted octanol–water partition coefficient (Wildman–Crippen LogP) is 4.09. The Kier molecular flexibility index (Phi) is 5.23. The number of anilines is 1. The minimum absolute atomic E-state index is 0.0246. The molecule has 3 heterocycles. The molecule has 29 heavy (non-hydrogen) atoms. The summed E-state index contributed by atoms with van der Waals surface area (Å²) in [6, 6.07) is 6.85. The number of hydrogen-bond acceptors (Lipinski definition) is 5. The number of amides is 2. The second-order valence-electron chi connectivity index (χ2n) is 7.00. The maximum Gasteiger partial charge on any atom is 0.323 e. The molecule has 2 aromatic heterocycles. The van der Waals surface area contributed by atoms with Crippen molar-refractivity contribution in [1.29, 1.82) is 0 Å². The summed E-state index contributed by atoms with van der Waals surface area (Å²) in [5.41, 5.74) is 1.05. The van der Waals surface area contributed by atoms with Crippen LogP contribution >= 0.6 is 11.6 Å². The Hall–Kier alpha value is -2.94. The maximum absolute atomic E-state index is 13.9. The molecular formula is C19H20ClFN6O2. The van der Waals surface area contributed by atoms with Crippen molar-refractivity contribution in [3.8, 4) is 0 Å². The van der Waals surface area contributed by atoms with E-state index in [1.54, 1.807) is 4.90 Å². The molecule has 2 amide bonds. The van der Waals surface area contributed by atoms with Crippen LogP contribution in [0.1, 0.15) is 41.9 Å². The van der Waals surface area contributed by atoms with Crippen LogP contribution < -0.4 is 5.32 Å². The highest BCUT2D eigenvalue weighted by molar-refractivity contribution is 6.30. The Morgan fingerprint density at radius 2 is 2.07 bits per heavy atom. The summed E-state index contributed by atoms with van der Waals surface area (Å²) in [6.07, 6.45) is 1.55. The van der Waals surface area contributed by atoms with Gasteiger partial charge in [0.1, 0.15) is 5.82 Å². The molecule has 8 nitrogen and oxygen atoms in total. The van der Waals surface area contributed by atoms with Crippen LogP contribution in [-0.2, 0) is 6.54 Å². The van der Waals surface area contributed by atoms with Crippen LogP contribution in [0, 0.1) is 19.7 Å². The summed E-state index contributed by atoms with van der Waals surface area (Å²) in [7, 11) is 0. The molecule has 1 aromatic carbocycles. The molecule has 1 atom stereocenters. The molecule has 1 aliphatic rings. The van der Waals surface area contributed by atoms with Crippen LogP contribution in [0.5, 0.6) is 0 Å². The van der Waals surface area contributed by atoms with Gasteiger partial charge in [0.25, 0.3) is 0 Å². The zero-order valence-corrected chi connectivity index (χ0v) is 16.8. The standard InChI is InChI=1S/C19H20ClFN6O2/c1-11-16(21)17(25-29-11)22-19(28)26-9-3-4-15(26)18-24-23-12(2)27(18)10-13-5-7-14(20)8-6-13/h5-8,15H,3-4,9-10H2,1-2H3,(H,22,25,28)/t15-/m1/s1. The Morgan fingerprint density at radius 3 is 2.76 bits per heavy atom. The molecule has 1 saturated heterocycles. The van der Waals surface area contributed by atoms with E-state index in [2.05, 4.69) is 20.7 Å². The topological polar surface area (TPSA) is 89.1 Å². The molecule has 0 radical (unpaired) electrons. The van der Waals surface area contributed by atoms with Gasteiger partial charge in [-0.15, -0.1) is 10.2 Å². The summed E-state index contributed by atoms with van der Waals surface area (Å²) < 4.78 is 20.7. The third-order valence-electron chi connectivity index (χ3n) is 5.05. The maximum atomic E-state index is 13.9. The van der Waals surface area contributed by atoms with Gasteiger partial charge in [0.05, 0.1) is 12.6 Å². The van der Waals surface area contributed by atoms with Gasteiger partial charge in [-0.3, -0.25) is 5.32 Å². The first-order valence-electron chi connectivity index (χ1n) is 9.27. The highest BCUT2D eigenvalue weighted by Gasteiger charge is 2.34. The molecule has 1 N–H and O–H groups in total. The quantitative estimate of drug-likeness (QED) is 0.689. The highest BCUT2D eigenvalue weighted by Crippen LogP contribution is 2.32. The van der Waals surface area contributed by atoms with Crippen molar-refractivity contribution in [3.63, 3.8) is 0 Å². The Balaban J connectivity index is 1.56. The SMILES string of the molecule is Cc1onc(NC(=O)N2CCC[C@@H]2c2nnc(C)n2Cc2ccc(Cl)cc2)c1F. The van der Waals surface area contributed by atoms with Crippen molar-refractivity contribution in [1.82, 2.24) is 24.8 Å². The molecule has 4 rings (SSSR count). The van der Waals surface area contributed by atoms with Gasteiger partial charge in [-0.25, -0.2) is 4.79 Å².